The van der Waals surface area contributed by atoms with E-state index in [1.54, 1.807) is 25.1 Å². The molecule has 2 N–H and O–H groups in total. The number of nitro benzene ring substituents is 1. The van der Waals surface area contributed by atoms with Crippen molar-refractivity contribution in [3.05, 3.63) is 71.9 Å². The summed E-state index contributed by atoms with van der Waals surface area (Å²) in [6.07, 6.45) is 3.12. The van der Waals surface area contributed by atoms with Gasteiger partial charge in [0.05, 0.1) is 11.1 Å². The number of hydrogen-bond donors (Lipinski definition) is 2. The molecule has 3 aromatic rings. The summed E-state index contributed by atoms with van der Waals surface area (Å²) < 4.78 is 2.75. The monoisotopic (exact) mass is 417 g/mol. The topological polar surface area (TPSA) is 140 Å². The minimum Gasteiger partial charge on any atom is -0.299 e. The Morgan fingerprint density at radius 2 is 2.07 bits per heavy atom. The molecule has 0 unspecified atom stereocenters. The molecule has 150 valence electrons. The first kappa shape index (κ1) is 20.0. The number of anilines is 1. The fourth-order valence-corrected chi connectivity index (χ4v) is 2.63. The Balaban J connectivity index is 1.98. The Bertz CT molecular complexity index is 1250. The SMILES string of the molecule is C/C(Cl)=C/Cn1c(N/N=C\c2ccc([N+](=O)[O-])cc2)nc2c1c(=O)[nH]c(=O)n2C. The van der Waals surface area contributed by atoms with Crippen LogP contribution < -0.4 is 16.7 Å². The van der Waals surface area contributed by atoms with Gasteiger partial charge in [-0.05, 0) is 24.6 Å². The lowest BCUT2D eigenvalue weighted by atomic mass is 10.2. The van der Waals surface area contributed by atoms with E-state index in [0.717, 1.165) is 0 Å². The molecule has 0 amide bonds. The van der Waals surface area contributed by atoms with Crippen LogP contribution in [0.5, 0.6) is 0 Å². The summed E-state index contributed by atoms with van der Waals surface area (Å²) in [5, 5.41) is 15.3. The predicted octanol–water partition coefficient (Wildman–Crippen LogP) is 1.92. The molecule has 12 heteroatoms. The molecule has 3 rings (SSSR count). The van der Waals surface area contributed by atoms with E-state index in [4.69, 9.17) is 11.6 Å². The van der Waals surface area contributed by atoms with Crippen LogP contribution in [0.25, 0.3) is 11.2 Å². The van der Waals surface area contributed by atoms with Crippen LogP contribution in [0.1, 0.15) is 12.5 Å². The maximum absolute atomic E-state index is 12.3. The van der Waals surface area contributed by atoms with Gasteiger partial charge >= 0.3 is 5.69 Å². The largest absolute Gasteiger partial charge is 0.329 e. The van der Waals surface area contributed by atoms with Gasteiger partial charge in [-0.3, -0.25) is 29.0 Å². The smallest absolute Gasteiger partial charge is 0.299 e. The van der Waals surface area contributed by atoms with Crippen molar-refractivity contribution >= 4 is 40.6 Å². The highest BCUT2D eigenvalue weighted by atomic mass is 35.5. The maximum atomic E-state index is 12.3. The summed E-state index contributed by atoms with van der Waals surface area (Å²) >= 11 is 5.90. The van der Waals surface area contributed by atoms with Gasteiger partial charge in [-0.25, -0.2) is 10.2 Å². The Labute approximate surface area is 168 Å². The number of halogens is 1. The van der Waals surface area contributed by atoms with Crippen molar-refractivity contribution in [1.82, 2.24) is 19.1 Å². The number of non-ortho nitro benzene ring substituents is 1. The molecule has 0 spiro atoms. The van der Waals surface area contributed by atoms with Crippen molar-refractivity contribution in [3.63, 3.8) is 0 Å². The van der Waals surface area contributed by atoms with E-state index in [1.165, 1.54) is 34.5 Å². The molecule has 0 radical (unpaired) electrons. The number of aromatic amines is 1. The highest BCUT2D eigenvalue weighted by molar-refractivity contribution is 6.29. The third-order valence-corrected chi connectivity index (χ3v) is 4.20. The van der Waals surface area contributed by atoms with Gasteiger partial charge in [-0.1, -0.05) is 17.7 Å². The molecule has 0 aliphatic rings. The number of aryl methyl sites for hydroxylation is 1. The number of H-pyrrole nitrogens is 1. The minimum absolute atomic E-state index is 0.0275. The van der Waals surface area contributed by atoms with Gasteiger partial charge in [0.25, 0.3) is 11.2 Å². The molecular formula is C17H16ClN7O4. The number of aromatic nitrogens is 4. The van der Waals surface area contributed by atoms with Crippen LogP contribution in [-0.4, -0.2) is 30.2 Å². The fourth-order valence-electron chi connectivity index (χ4n) is 2.56. The zero-order valence-corrected chi connectivity index (χ0v) is 16.2. The highest BCUT2D eigenvalue weighted by Crippen LogP contribution is 2.16. The number of nitrogens with zero attached hydrogens (tertiary/aromatic N) is 5. The fraction of sp³-hybridized carbons (Fsp3) is 0.176. The van der Waals surface area contributed by atoms with Crippen molar-refractivity contribution in [2.75, 3.05) is 5.43 Å². The van der Waals surface area contributed by atoms with Crippen LogP contribution in [-0.2, 0) is 13.6 Å². The average molecular weight is 418 g/mol. The molecule has 29 heavy (non-hydrogen) atoms. The first-order valence-corrected chi connectivity index (χ1v) is 8.71. The molecule has 1 aromatic carbocycles. The van der Waals surface area contributed by atoms with Crippen LogP contribution in [0.3, 0.4) is 0 Å². The zero-order chi connectivity index (χ0) is 21.1. The lowest BCUT2D eigenvalue weighted by Crippen LogP contribution is -2.29. The van der Waals surface area contributed by atoms with Gasteiger partial charge in [0.15, 0.2) is 11.2 Å². The summed E-state index contributed by atoms with van der Waals surface area (Å²) in [6, 6.07) is 5.81. The van der Waals surface area contributed by atoms with Crippen molar-refractivity contribution in [2.24, 2.45) is 12.1 Å². The van der Waals surface area contributed by atoms with Gasteiger partial charge in [-0.2, -0.15) is 10.1 Å². The molecule has 0 saturated heterocycles. The van der Waals surface area contributed by atoms with Crippen LogP contribution >= 0.6 is 11.6 Å². The number of nitro groups is 1. The number of rotatable bonds is 6. The van der Waals surface area contributed by atoms with E-state index < -0.39 is 16.2 Å². The molecule has 0 atom stereocenters. The van der Waals surface area contributed by atoms with Crippen LogP contribution in [0.15, 0.2) is 50.1 Å². The summed E-state index contributed by atoms with van der Waals surface area (Å²) in [7, 11) is 1.49. The van der Waals surface area contributed by atoms with E-state index in [0.29, 0.717) is 10.6 Å². The number of benzene rings is 1. The Hall–Kier alpha value is -3.73. The van der Waals surface area contributed by atoms with E-state index in [2.05, 4.69) is 20.5 Å². The summed E-state index contributed by atoms with van der Waals surface area (Å²) in [4.78, 5) is 40.9. The van der Waals surface area contributed by atoms with Crippen molar-refractivity contribution in [2.45, 2.75) is 13.5 Å². The molecule has 0 saturated carbocycles. The first-order chi connectivity index (χ1) is 13.8. The maximum Gasteiger partial charge on any atom is 0.329 e. The third-order valence-electron chi connectivity index (χ3n) is 4.04. The lowest BCUT2D eigenvalue weighted by molar-refractivity contribution is -0.384. The molecule has 0 aliphatic heterocycles. The Kier molecular flexibility index (Phi) is 5.59. The molecule has 2 heterocycles. The van der Waals surface area contributed by atoms with Crippen LogP contribution in [0.4, 0.5) is 11.6 Å². The highest BCUT2D eigenvalue weighted by Gasteiger charge is 2.16. The van der Waals surface area contributed by atoms with Crippen molar-refractivity contribution in [1.29, 1.82) is 0 Å². The second-order valence-corrected chi connectivity index (χ2v) is 6.64. The predicted molar refractivity (Wildman–Crippen MR) is 110 cm³/mol. The quantitative estimate of drug-likeness (QED) is 0.356. The van der Waals surface area contributed by atoms with Gasteiger partial charge in [0.1, 0.15) is 0 Å². The van der Waals surface area contributed by atoms with E-state index in [-0.39, 0.29) is 29.3 Å². The Morgan fingerprint density at radius 3 is 2.69 bits per heavy atom. The normalized spacial score (nSPS) is 12.0. The number of hydrogen-bond acceptors (Lipinski definition) is 7. The second kappa shape index (κ2) is 8.10. The molecule has 0 bridgehead atoms. The van der Waals surface area contributed by atoms with Gasteiger partial charge in [0.2, 0.25) is 5.95 Å². The van der Waals surface area contributed by atoms with E-state index >= 15 is 0 Å². The average Bonchev–Trinajstić information content (AvgIpc) is 3.04. The molecule has 0 aliphatic carbocycles. The number of allylic oxidation sites excluding steroid dienone is 2. The van der Waals surface area contributed by atoms with Crippen molar-refractivity contribution < 1.29 is 4.92 Å². The summed E-state index contributed by atoms with van der Waals surface area (Å²) in [5.41, 5.74) is 2.53. The molecule has 2 aromatic heterocycles. The number of hydrazone groups is 1. The summed E-state index contributed by atoms with van der Waals surface area (Å²) in [5.74, 6) is 0.221. The molecular weight excluding hydrogens is 402 g/mol. The zero-order valence-electron chi connectivity index (χ0n) is 15.4. The standard InChI is InChI=1S/C17H16ClN7O4/c1-10(18)7-8-24-13-14(23(2)17(27)21-15(13)26)20-16(24)22-19-9-11-3-5-12(6-4-11)25(28)29/h3-7,9H,8H2,1-2H3,(H,20,22)(H,21,26,27)/b10-7-,19-9-. The van der Waals surface area contributed by atoms with Crippen molar-refractivity contribution in [3.8, 4) is 0 Å². The minimum atomic E-state index is -0.586. The molecule has 11 nitrogen and oxygen atoms in total. The lowest BCUT2D eigenvalue weighted by Gasteiger charge is -2.05. The van der Waals surface area contributed by atoms with Gasteiger partial charge in [-0.15, -0.1) is 0 Å². The van der Waals surface area contributed by atoms with E-state index in [1.807, 2.05) is 0 Å². The molecule has 0 fully saturated rings. The van der Waals surface area contributed by atoms with E-state index in [9.17, 15) is 19.7 Å². The number of imidazole rings is 1. The van der Waals surface area contributed by atoms with Gasteiger partial charge in [0, 0.05) is 30.8 Å². The van der Waals surface area contributed by atoms with Crippen LogP contribution in [0.2, 0.25) is 0 Å². The number of fused-ring (bicyclic) bond motifs is 1. The summed E-state index contributed by atoms with van der Waals surface area (Å²) in [6.45, 7) is 1.92. The first-order valence-electron chi connectivity index (χ1n) is 8.33. The number of nitrogens with one attached hydrogen (secondary N) is 2. The third kappa shape index (κ3) is 4.24. The van der Waals surface area contributed by atoms with Gasteiger partial charge < -0.3 is 0 Å². The van der Waals surface area contributed by atoms with Crippen LogP contribution in [0, 0.1) is 10.1 Å². The second-order valence-electron chi connectivity index (χ2n) is 6.05. The Morgan fingerprint density at radius 1 is 1.38 bits per heavy atom.